The number of nitrogens with one attached hydrogen (secondary N) is 1. The SMILES string of the molecule is Cc1nn(CCC(=O)Nc2c(C(=O)N(C)C)nn(C)c2C)c(C)c1Br. The maximum atomic E-state index is 12.4. The van der Waals surface area contributed by atoms with Crippen molar-refractivity contribution in [2.45, 2.75) is 33.7 Å². The third kappa shape index (κ3) is 3.92. The fourth-order valence-corrected chi connectivity index (χ4v) is 2.71. The van der Waals surface area contributed by atoms with Crippen molar-refractivity contribution in [2.24, 2.45) is 7.05 Å². The molecule has 0 saturated heterocycles. The van der Waals surface area contributed by atoms with E-state index < -0.39 is 0 Å². The predicted molar refractivity (Wildman–Crippen MR) is 98.6 cm³/mol. The van der Waals surface area contributed by atoms with Crippen LogP contribution in [-0.2, 0) is 18.4 Å². The molecule has 25 heavy (non-hydrogen) atoms. The first-order valence-electron chi connectivity index (χ1n) is 7.88. The van der Waals surface area contributed by atoms with Crippen LogP contribution in [-0.4, -0.2) is 50.4 Å². The number of aryl methyl sites for hydroxylation is 3. The first kappa shape index (κ1) is 19.2. The van der Waals surface area contributed by atoms with Crippen molar-refractivity contribution in [3.05, 3.63) is 27.2 Å². The highest BCUT2D eigenvalue weighted by atomic mass is 79.9. The molecule has 0 fully saturated rings. The summed E-state index contributed by atoms with van der Waals surface area (Å²) in [7, 11) is 5.04. The van der Waals surface area contributed by atoms with Crippen molar-refractivity contribution >= 4 is 33.4 Å². The number of carbonyl (C=O) groups excluding carboxylic acids is 2. The van der Waals surface area contributed by atoms with E-state index in [1.54, 1.807) is 30.5 Å². The Labute approximate surface area is 155 Å². The summed E-state index contributed by atoms with van der Waals surface area (Å²) in [6.45, 7) is 6.13. The summed E-state index contributed by atoms with van der Waals surface area (Å²) in [6, 6.07) is 0. The van der Waals surface area contributed by atoms with E-state index in [9.17, 15) is 9.59 Å². The Bertz CT molecular complexity index is 821. The lowest BCUT2D eigenvalue weighted by molar-refractivity contribution is -0.116. The lowest BCUT2D eigenvalue weighted by atomic mass is 10.2. The second-order valence-corrected chi connectivity index (χ2v) is 6.93. The highest BCUT2D eigenvalue weighted by molar-refractivity contribution is 9.10. The van der Waals surface area contributed by atoms with Gasteiger partial charge in [-0.2, -0.15) is 10.2 Å². The van der Waals surface area contributed by atoms with E-state index in [1.165, 1.54) is 4.90 Å². The highest BCUT2D eigenvalue weighted by Gasteiger charge is 2.22. The van der Waals surface area contributed by atoms with Crippen LogP contribution in [0.15, 0.2) is 4.47 Å². The molecule has 136 valence electrons. The minimum absolute atomic E-state index is 0.187. The molecule has 0 aliphatic rings. The third-order valence-electron chi connectivity index (χ3n) is 4.05. The van der Waals surface area contributed by atoms with Crippen LogP contribution in [0.5, 0.6) is 0 Å². The summed E-state index contributed by atoms with van der Waals surface area (Å²) < 4.78 is 4.33. The van der Waals surface area contributed by atoms with Gasteiger partial charge in [-0.15, -0.1) is 0 Å². The van der Waals surface area contributed by atoms with Crippen LogP contribution in [0.4, 0.5) is 5.69 Å². The van der Waals surface area contributed by atoms with Crippen molar-refractivity contribution in [3.8, 4) is 0 Å². The fourth-order valence-electron chi connectivity index (χ4n) is 2.42. The molecule has 0 radical (unpaired) electrons. The van der Waals surface area contributed by atoms with Gasteiger partial charge in [0.05, 0.1) is 28.1 Å². The zero-order valence-corrected chi connectivity index (χ0v) is 16.9. The van der Waals surface area contributed by atoms with Gasteiger partial charge in [0.2, 0.25) is 5.91 Å². The molecule has 0 aliphatic heterocycles. The first-order valence-corrected chi connectivity index (χ1v) is 8.67. The van der Waals surface area contributed by atoms with E-state index in [-0.39, 0.29) is 23.9 Å². The smallest absolute Gasteiger partial charge is 0.276 e. The summed E-state index contributed by atoms with van der Waals surface area (Å²) >= 11 is 3.48. The van der Waals surface area contributed by atoms with Gasteiger partial charge in [-0.1, -0.05) is 0 Å². The van der Waals surface area contributed by atoms with E-state index in [4.69, 9.17) is 0 Å². The minimum atomic E-state index is -0.249. The molecule has 8 nitrogen and oxygen atoms in total. The average molecular weight is 411 g/mol. The van der Waals surface area contributed by atoms with Gasteiger partial charge in [0, 0.05) is 33.3 Å². The van der Waals surface area contributed by atoms with E-state index in [0.29, 0.717) is 12.2 Å². The summed E-state index contributed by atoms with van der Waals surface area (Å²) in [5.74, 6) is -0.436. The number of rotatable bonds is 5. The van der Waals surface area contributed by atoms with Gasteiger partial charge in [0.25, 0.3) is 5.91 Å². The first-order chi connectivity index (χ1) is 11.6. The van der Waals surface area contributed by atoms with Crippen molar-refractivity contribution in [1.29, 1.82) is 0 Å². The molecule has 2 aromatic heterocycles. The molecule has 0 saturated carbocycles. The maximum absolute atomic E-state index is 12.4. The Morgan fingerprint density at radius 1 is 1.16 bits per heavy atom. The van der Waals surface area contributed by atoms with Crippen LogP contribution >= 0.6 is 15.9 Å². The lowest BCUT2D eigenvalue weighted by Crippen LogP contribution is -2.24. The van der Waals surface area contributed by atoms with Crippen molar-refractivity contribution in [1.82, 2.24) is 24.5 Å². The number of nitrogens with zero attached hydrogens (tertiary/aromatic N) is 5. The van der Waals surface area contributed by atoms with Crippen LogP contribution in [0.3, 0.4) is 0 Å². The maximum Gasteiger partial charge on any atom is 0.276 e. The van der Waals surface area contributed by atoms with Crippen LogP contribution in [0.1, 0.15) is 34.0 Å². The van der Waals surface area contributed by atoms with Gasteiger partial charge < -0.3 is 10.2 Å². The standard InChI is InChI=1S/C16H23BrN6O2/c1-9-13(17)10(2)23(19-9)8-7-12(24)18-14-11(3)22(6)20-15(14)16(25)21(4)5/h7-8H2,1-6H3,(H,18,24). The van der Waals surface area contributed by atoms with Crippen LogP contribution in [0.25, 0.3) is 0 Å². The van der Waals surface area contributed by atoms with E-state index >= 15 is 0 Å². The second kappa shape index (κ2) is 7.38. The molecule has 9 heteroatoms. The largest absolute Gasteiger partial charge is 0.343 e. The lowest BCUT2D eigenvalue weighted by Gasteiger charge is -2.11. The Morgan fingerprint density at radius 3 is 2.32 bits per heavy atom. The molecular formula is C16H23BrN6O2. The van der Waals surface area contributed by atoms with Crippen LogP contribution < -0.4 is 5.32 Å². The molecule has 2 heterocycles. The number of carbonyl (C=O) groups is 2. The Balaban J connectivity index is 2.13. The van der Waals surface area contributed by atoms with Crippen molar-refractivity contribution in [2.75, 3.05) is 19.4 Å². The van der Waals surface area contributed by atoms with E-state index in [0.717, 1.165) is 21.6 Å². The molecule has 2 aromatic rings. The molecule has 0 bridgehead atoms. The van der Waals surface area contributed by atoms with E-state index in [2.05, 4.69) is 31.4 Å². The molecular weight excluding hydrogens is 388 g/mol. The summed E-state index contributed by atoms with van der Waals surface area (Å²) in [6.07, 6.45) is 0.248. The van der Waals surface area contributed by atoms with Gasteiger partial charge in [-0.3, -0.25) is 19.0 Å². The Kier molecular flexibility index (Phi) is 5.66. The number of halogens is 1. The van der Waals surface area contributed by atoms with Gasteiger partial charge >= 0.3 is 0 Å². The average Bonchev–Trinajstić information content (AvgIpc) is 2.97. The van der Waals surface area contributed by atoms with Gasteiger partial charge in [0.1, 0.15) is 0 Å². The summed E-state index contributed by atoms with van der Waals surface area (Å²) in [4.78, 5) is 26.1. The molecule has 0 aromatic carbocycles. The molecule has 0 atom stereocenters. The minimum Gasteiger partial charge on any atom is -0.343 e. The number of anilines is 1. The van der Waals surface area contributed by atoms with Gasteiger partial charge in [-0.05, 0) is 36.7 Å². The van der Waals surface area contributed by atoms with Crippen LogP contribution in [0.2, 0.25) is 0 Å². The zero-order chi connectivity index (χ0) is 18.9. The second-order valence-electron chi connectivity index (χ2n) is 6.14. The predicted octanol–water partition coefficient (Wildman–Crippen LogP) is 2.03. The Hall–Kier alpha value is -2.16. The zero-order valence-electron chi connectivity index (χ0n) is 15.3. The number of hydrogen-bond donors (Lipinski definition) is 1. The van der Waals surface area contributed by atoms with Gasteiger partial charge in [-0.25, -0.2) is 0 Å². The molecule has 2 amide bonds. The van der Waals surface area contributed by atoms with E-state index in [1.807, 2.05) is 20.8 Å². The summed E-state index contributed by atoms with van der Waals surface area (Å²) in [5, 5.41) is 11.4. The Morgan fingerprint density at radius 2 is 1.80 bits per heavy atom. The van der Waals surface area contributed by atoms with Crippen molar-refractivity contribution < 1.29 is 9.59 Å². The number of amides is 2. The van der Waals surface area contributed by atoms with Gasteiger partial charge in [0.15, 0.2) is 5.69 Å². The summed E-state index contributed by atoms with van der Waals surface area (Å²) in [5.41, 5.74) is 3.30. The molecule has 0 aliphatic carbocycles. The van der Waals surface area contributed by atoms with Crippen LogP contribution in [0, 0.1) is 20.8 Å². The molecule has 1 N–H and O–H groups in total. The highest BCUT2D eigenvalue weighted by Crippen LogP contribution is 2.22. The molecule has 2 rings (SSSR count). The topological polar surface area (TPSA) is 85.1 Å². The third-order valence-corrected chi connectivity index (χ3v) is 5.20. The quantitative estimate of drug-likeness (QED) is 0.816. The van der Waals surface area contributed by atoms with Crippen molar-refractivity contribution in [3.63, 3.8) is 0 Å². The fraction of sp³-hybridized carbons (Fsp3) is 0.500. The number of hydrogen-bond acceptors (Lipinski definition) is 4. The molecule has 0 spiro atoms. The molecule has 0 unspecified atom stereocenters. The monoisotopic (exact) mass is 410 g/mol. The number of aromatic nitrogens is 4. The normalized spacial score (nSPS) is 10.8.